The number of rotatable bonds is 5. The molecule has 7 nitrogen and oxygen atoms in total. The first-order chi connectivity index (χ1) is 12.3. The fourth-order valence-electron chi connectivity index (χ4n) is 3.40. The van der Waals surface area contributed by atoms with Crippen LogP contribution in [-0.2, 0) is 9.53 Å². The molecule has 4 rings (SSSR count). The second kappa shape index (κ2) is 6.68. The molecule has 4 heterocycles. The Labute approximate surface area is 145 Å². The third kappa shape index (κ3) is 2.91. The highest BCUT2D eigenvalue weighted by molar-refractivity contribution is 5.78. The number of pyridine rings is 1. The summed E-state index contributed by atoms with van der Waals surface area (Å²) in [5, 5.41) is 0. The van der Waals surface area contributed by atoms with Crippen LogP contribution in [0.1, 0.15) is 18.9 Å². The molecule has 0 aromatic carbocycles. The Morgan fingerprint density at radius 1 is 1.44 bits per heavy atom. The molecule has 1 atom stereocenters. The molecule has 0 saturated carbocycles. The molecule has 1 fully saturated rings. The van der Waals surface area contributed by atoms with Gasteiger partial charge in [0, 0.05) is 26.4 Å². The molecule has 0 spiro atoms. The minimum absolute atomic E-state index is 0.131. The predicted molar refractivity (Wildman–Crippen MR) is 92.0 cm³/mol. The number of aromatic nitrogens is 3. The van der Waals surface area contributed by atoms with Gasteiger partial charge in [-0.15, -0.1) is 0 Å². The maximum atomic E-state index is 12.3. The van der Waals surface area contributed by atoms with Gasteiger partial charge in [-0.2, -0.15) is 0 Å². The van der Waals surface area contributed by atoms with Gasteiger partial charge in [0.15, 0.2) is 5.65 Å². The Balaban J connectivity index is 1.67. The third-order valence-electron chi connectivity index (χ3n) is 4.63. The number of amides is 1. The van der Waals surface area contributed by atoms with Crippen molar-refractivity contribution in [3.63, 3.8) is 0 Å². The van der Waals surface area contributed by atoms with Gasteiger partial charge in [0.1, 0.15) is 17.6 Å². The van der Waals surface area contributed by atoms with E-state index in [2.05, 4.69) is 9.55 Å². The van der Waals surface area contributed by atoms with Gasteiger partial charge in [0.25, 0.3) is 0 Å². The summed E-state index contributed by atoms with van der Waals surface area (Å²) < 4.78 is 12.4. The van der Waals surface area contributed by atoms with Crippen LogP contribution in [-0.4, -0.2) is 52.1 Å². The summed E-state index contributed by atoms with van der Waals surface area (Å²) in [4.78, 5) is 23.4. The molecule has 0 N–H and O–H groups in total. The number of hydrogen-bond acceptors (Lipinski definition) is 5. The molecule has 3 aromatic heterocycles. The SMILES string of the molecule is COCCC(=O)N1CCC(n2c(-c3ccoc3)nc3cccnc32)C1. The van der Waals surface area contributed by atoms with Gasteiger partial charge >= 0.3 is 0 Å². The second-order valence-corrected chi connectivity index (χ2v) is 6.19. The fourth-order valence-corrected chi connectivity index (χ4v) is 3.40. The summed E-state index contributed by atoms with van der Waals surface area (Å²) in [6.45, 7) is 1.86. The number of imidazole rings is 1. The topological polar surface area (TPSA) is 73.4 Å². The maximum Gasteiger partial charge on any atom is 0.224 e. The van der Waals surface area contributed by atoms with Crippen LogP contribution in [0.4, 0.5) is 0 Å². The monoisotopic (exact) mass is 340 g/mol. The highest BCUT2D eigenvalue weighted by atomic mass is 16.5. The van der Waals surface area contributed by atoms with Crippen LogP contribution >= 0.6 is 0 Å². The van der Waals surface area contributed by atoms with Gasteiger partial charge in [-0.3, -0.25) is 4.79 Å². The third-order valence-corrected chi connectivity index (χ3v) is 4.63. The lowest BCUT2D eigenvalue weighted by Gasteiger charge is -2.18. The number of likely N-dealkylation sites (tertiary alicyclic amines) is 1. The van der Waals surface area contributed by atoms with Gasteiger partial charge in [-0.05, 0) is 24.6 Å². The summed E-state index contributed by atoms with van der Waals surface area (Å²) in [5.41, 5.74) is 2.61. The van der Waals surface area contributed by atoms with E-state index in [1.807, 2.05) is 23.1 Å². The van der Waals surface area contributed by atoms with Crippen molar-refractivity contribution in [2.24, 2.45) is 0 Å². The molecule has 0 bridgehead atoms. The zero-order valence-corrected chi connectivity index (χ0v) is 14.1. The molecule has 0 aliphatic carbocycles. The van der Waals surface area contributed by atoms with E-state index in [1.54, 1.807) is 25.8 Å². The summed E-state index contributed by atoms with van der Waals surface area (Å²) in [7, 11) is 1.61. The lowest BCUT2D eigenvalue weighted by atomic mass is 10.2. The number of methoxy groups -OCH3 is 1. The van der Waals surface area contributed by atoms with E-state index in [0.29, 0.717) is 19.6 Å². The zero-order chi connectivity index (χ0) is 17.2. The smallest absolute Gasteiger partial charge is 0.224 e. The average molecular weight is 340 g/mol. The van der Waals surface area contributed by atoms with E-state index in [-0.39, 0.29) is 11.9 Å². The molecule has 25 heavy (non-hydrogen) atoms. The van der Waals surface area contributed by atoms with Crippen LogP contribution in [0.15, 0.2) is 41.3 Å². The number of fused-ring (bicyclic) bond motifs is 1. The Morgan fingerprint density at radius 3 is 3.16 bits per heavy atom. The van der Waals surface area contributed by atoms with Gasteiger partial charge in [-0.25, -0.2) is 9.97 Å². The summed E-state index contributed by atoms with van der Waals surface area (Å²) in [6.07, 6.45) is 6.40. The quantitative estimate of drug-likeness (QED) is 0.713. The first kappa shape index (κ1) is 15.8. The van der Waals surface area contributed by atoms with Gasteiger partial charge in [0.05, 0.1) is 30.9 Å². The Hall–Kier alpha value is -2.67. The van der Waals surface area contributed by atoms with Crippen LogP contribution in [0.2, 0.25) is 0 Å². The molecule has 7 heteroatoms. The highest BCUT2D eigenvalue weighted by Gasteiger charge is 2.30. The van der Waals surface area contributed by atoms with E-state index in [0.717, 1.165) is 35.5 Å². The van der Waals surface area contributed by atoms with Gasteiger partial charge in [0.2, 0.25) is 5.91 Å². The van der Waals surface area contributed by atoms with Crippen LogP contribution in [0, 0.1) is 0 Å². The van der Waals surface area contributed by atoms with Crippen LogP contribution < -0.4 is 0 Å². The number of nitrogens with zero attached hydrogens (tertiary/aromatic N) is 4. The summed E-state index contributed by atoms with van der Waals surface area (Å²) >= 11 is 0. The fraction of sp³-hybridized carbons (Fsp3) is 0.389. The number of carbonyl (C=O) groups excluding carboxylic acids is 1. The molecule has 1 aliphatic heterocycles. The number of hydrogen-bond donors (Lipinski definition) is 0. The van der Waals surface area contributed by atoms with Crippen molar-refractivity contribution in [2.75, 3.05) is 26.8 Å². The van der Waals surface area contributed by atoms with Crippen LogP contribution in [0.5, 0.6) is 0 Å². The van der Waals surface area contributed by atoms with Crippen LogP contribution in [0.25, 0.3) is 22.6 Å². The Bertz CT molecular complexity index is 872. The summed E-state index contributed by atoms with van der Waals surface area (Å²) in [6, 6.07) is 5.89. The second-order valence-electron chi connectivity index (χ2n) is 6.19. The van der Waals surface area contributed by atoms with Crippen molar-refractivity contribution in [3.8, 4) is 11.4 Å². The van der Waals surface area contributed by atoms with E-state index in [1.165, 1.54) is 0 Å². The molecule has 130 valence electrons. The summed E-state index contributed by atoms with van der Waals surface area (Å²) in [5.74, 6) is 0.963. The van der Waals surface area contributed by atoms with Crippen molar-refractivity contribution >= 4 is 17.1 Å². The molecular formula is C18H20N4O3. The van der Waals surface area contributed by atoms with Crippen molar-refractivity contribution < 1.29 is 13.9 Å². The Morgan fingerprint density at radius 2 is 2.36 bits per heavy atom. The molecule has 0 radical (unpaired) electrons. The van der Waals surface area contributed by atoms with Gasteiger partial charge in [-0.1, -0.05) is 0 Å². The maximum absolute atomic E-state index is 12.3. The van der Waals surface area contributed by atoms with Crippen LogP contribution in [0.3, 0.4) is 0 Å². The lowest BCUT2D eigenvalue weighted by molar-refractivity contribution is -0.131. The van der Waals surface area contributed by atoms with Crippen molar-refractivity contribution in [1.82, 2.24) is 19.4 Å². The van der Waals surface area contributed by atoms with Crippen molar-refractivity contribution in [2.45, 2.75) is 18.9 Å². The normalized spacial score (nSPS) is 17.5. The molecular weight excluding hydrogens is 320 g/mol. The predicted octanol–water partition coefficient (Wildman–Crippen LogP) is 2.50. The van der Waals surface area contributed by atoms with E-state index in [4.69, 9.17) is 14.1 Å². The minimum Gasteiger partial charge on any atom is -0.472 e. The minimum atomic E-state index is 0.131. The zero-order valence-electron chi connectivity index (χ0n) is 14.1. The molecule has 3 aromatic rings. The number of carbonyl (C=O) groups is 1. The first-order valence-corrected chi connectivity index (χ1v) is 8.40. The van der Waals surface area contributed by atoms with Crippen molar-refractivity contribution in [1.29, 1.82) is 0 Å². The van der Waals surface area contributed by atoms with E-state index in [9.17, 15) is 4.79 Å². The Kier molecular flexibility index (Phi) is 4.23. The van der Waals surface area contributed by atoms with Gasteiger partial charge < -0.3 is 18.6 Å². The highest BCUT2D eigenvalue weighted by Crippen LogP contribution is 2.32. The molecule has 1 saturated heterocycles. The number of ether oxygens (including phenoxy) is 1. The van der Waals surface area contributed by atoms with E-state index < -0.39 is 0 Å². The molecule has 1 amide bonds. The lowest BCUT2D eigenvalue weighted by Crippen LogP contribution is -2.29. The molecule has 1 unspecified atom stereocenters. The van der Waals surface area contributed by atoms with E-state index >= 15 is 0 Å². The van der Waals surface area contributed by atoms with Crippen molar-refractivity contribution in [3.05, 3.63) is 36.9 Å². The first-order valence-electron chi connectivity index (χ1n) is 8.40. The molecule has 1 aliphatic rings. The number of furan rings is 1. The largest absolute Gasteiger partial charge is 0.472 e. The average Bonchev–Trinajstić information content (AvgIpc) is 3.37. The standard InChI is InChI=1S/C18H20N4O3/c1-24-9-6-16(23)21-8-4-14(11-21)22-17(13-5-10-25-12-13)20-15-3-2-7-19-18(15)22/h2-3,5,7,10,12,14H,4,6,8-9,11H2,1H3.